The van der Waals surface area contributed by atoms with Crippen LogP contribution in [-0.4, -0.2) is 25.5 Å². The van der Waals surface area contributed by atoms with Gasteiger partial charge in [0.2, 0.25) is 0 Å². The van der Waals surface area contributed by atoms with Crippen LogP contribution in [0.2, 0.25) is 0 Å². The molecule has 0 saturated carbocycles. The predicted octanol–water partition coefficient (Wildman–Crippen LogP) is 4.34. The Kier molecular flexibility index (Phi) is 5.67. The van der Waals surface area contributed by atoms with Crippen LogP contribution in [-0.2, 0) is 17.4 Å². The number of hydrogen-bond acceptors (Lipinski definition) is 3. The molecule has 0 amide bonds. The van der Waals surface area contributed by atoms with E-state index in [4.69, 9.17) is 0 Å². The van der Waals surface area contributed by atoms with Crippen molar-refractivity contribution in [3.05, 3.63) is 59.7 Å². The highest BCUT2D eigenvalue weighted by Gasteiger charge is 2.19. The second-order valence-corrected chi connectivity index (χ2v) is 9.57. The zero-order valence-corrected chi connectivity index (χ0v) is 16.9. The predicted molar refractivity (Wildman–Crippen MR) is 109 cm³/mol. The van der Waals surface area contributed by atoms with Gasteiger partial charge in [0.25, 0.3) is 0 Å². The molecule has 0 aliphatic carbocycles. The average molecular weight is 386 g/mol. The van der Waals surface area contributed by atoms with Gasteiger partial charge in [-0.3, -0.25) is 9.97 Å². The van der Waals surface area contributed by atoms with Crippen molar-refractivity contribution in [2.45, 2.75) is 38.9 Å². The second kappa shape index (κ2) is 7.82. The van der Waals surface area contributed by atoms with Gasteiger partial charge < -0.3 is 0 Å². The molecule has 0 saturated heterocycles. The summed E-state index contributed by atoms with van der Waals surface area (Å²) in [6.45, 7) is 8.18. The Bertz CT molecular complexity index is 984. The first kappa shape index (κ1) is 19.6. The van der Waals surface area contributed by atoms with E-state index in [0.717, 1.165) is 33.3 Å². The van der Waals surface area contributed by atoms with Crippen LogP contribution in [0.15, 0.2) is 42.7 Å². The van der Waals surface area contributed by atoms with E-state index in [1.807, 2.05) is 52.1 Å². The molecule has 6 heteroatoms. The summed E-state index contributed by atoms with van der Waals surface area (Å²) in [5, 5.41) is 0.751. The Hall–Kier alpha value is -2.18. The van der Waals surface area contributed by atoms with Crippen molar-refractivity contribution in [3.8, 4) is 11.3 Å². The van der Waals surface area contributed by atoms with Gasteiger partial charge in [0, 0.05) is 29.9 Å². The maximum Gasteiger partial charge on any atom is 0.124 e. The Labute approximate surface area is 161 Å². The number of pyridine rings is 2. The number of aryl methyl sites for hydroxylation is 1. The average Bonchev–Trinajstić information content (AvgIpc) is 2.61. The molecule has 3 aromatic rings. The van der Waals surface area contributed by atoms with E-state index in [1.54, 1.807) is 6.20 Å². The summed E-state index contributed by atoms with van der Waals surface area (Å²) in [6, 6.07) is 8.69. The van der Waals surface area contributed by atoms with Gasteiger partial charge >= 0.3 is 0 Å². The van der Waals surface area contributed by atoms with E-state index in [9.17, 15) is 8.60 Å². The molecular formula is C21H24FN3OS. The lowest BCUT2D eigenvalue weighted by molar-refractivity contribution is 0.628. The fourth-order valence-corrected chi connectivity index (χ4v) is 3.70. The van der Waals surface area contributed by atoms with Crippen molar-refractivity contribution in [1.29, 1.82) is 0 Å². The number of hydrogen-bond donors (Lipinski definition) is 1. The molecule has 0 spiro atoms. The third-order valence-corrected chi connectivity index (χ3v) is 5.89. The molecule has 0 radical (unpaired) electrons. The summed E-state index contributed by atoms with van der Waals surface area (Å²) in [7, 11) is -1.14. The highest BCUT2D eigenvalue weighted by atomic mass is 32.2. The first-order chi connectivity index (χ1) is 12.8. The Morgan fingerprint density at radius 3 is 2.63 bits per heavy atom. The second-order valence-electron chi connectivity index (χ2n) is 7.52. The first-order valence-electron chi connectivity index (χ1n) is 8.92. The summed E-state index contributed by atoms with van der Waals surface area (Å²) < 4.78 is 29.1. The smallest absolute Gasteiger partial charge is 0.124 e. The van der Waals surface area contributed by atoms with Crippen molar-refractivity contribution in [2.75, 3.05) is 6.54 Å². The minimum atomic E-state index is -1.14. The molecule has 4 nitrogen and oxygen atoms in total. The molecule has 3 rings (SSSR count). The number of halogens is 1. The zero-order chi connectivity index (χ0) is 19.6. The standard InChI is InChI=1S/C21H24FN3OS/c1-14-11-16(22)12-17-19(18-7-5-6-9-23-18)15(13-24-20(14)17)8-10-25-27(26)21(2,3)4/h5-7,9,11-13,25H,8,10H2,1-4H3. The van der Waals surface area contributed by atoms with Crippen LogP contribution in [0.1, 0.15) is 31.9 Å². The lowest BCUT2D eigenvalue weighted by Crippen LogP contribution is -2.34. The maximum atomic E-state index is 14.1. The maximum absolute atomic E-state index is 14.1. The normalized spacial score (nSPS) is 13.1. The fraction of sp³-hybridized carbons (Fsp3) is 0.333. The molecule has 0 fully saturated rings. The van der Waals surface area contributed by atoms with E-state index in [2.05, 4.69) is 14.7 Å². The van der Waals surface area contributed by atoms with E-state index in [-0.39, 0.29) is 10.6 Å². The molecule has 1 atom stereocenters. The third-order valence-electron chi connectivity index (χ3n) is 4.31. The monoisotopic (exact) mass is 385 g/mol. The largest absolute Gasteiger partial charge is 0.256 e. The van der Waals surface area contributed by atoms with Crippen molar-refractivity contribution >= 4 is 21.9 Å². The topological polar surface area (TPSA) is 54.9 Å². The molecule has 1 unspecified atom stereocenters. The summed E-state index contributed by atoms with van der Waals surface area (Å²) in [5.41, 5.74) is 4.17. The van der Waals surface area contributed by atoms with Crippen LogP contribution in [0.25, 0.3) is 22.2 Å². The van der Waals surface area contributed by atoms with E-state index in [0.29, 0.717) is 13.0 Å². The van der Waals surface area contributed by atoms with Crippen LogP contribution in [0.5, 0.6) is 0 Å². The van der Waals surface area contributed by atoms with Crippen LogP contribution >= 0.6 is 0 Å². The van der Waals surface area contributed by atoms with Crippen molar-refractivity contribution in [1.82, 2.24) is 14.7 Å². The highest BCUT2D eigenvalue weighted by Crippen LogP contribution is 2.32. The van der Waals surface area contributed by atoms with Crippen LogP contribution in [0.4, 0.5) is 4.39 Å². The Balaban J connectivity index is 2.03. The number of rotatable bonds is 5. The van der Waals surface area contributed by atoms with Gasteiger partial charge in [-0.25, -0.2) is 13.3 Å². The van der Waals surface area contributed by atoms with E-state index >= 15 is 0 Å². The Morgan fingerprint density at radius 1 is 1.19 bits per heavy atom. The van der Waals surface area contributed by atoms with Crippen molar-refractivity contribution < 1.29 is 8.60 Å². The summed E-state index contributed by atoms with van der Waals surface area (Å²) in [4.78, 5) is 9.03. The minimum Gasteiger partial charge on any atom is -0.256 e. The molecule has 1 aromatic carbocycles. The molecule has 0 aliphatic rings. The molecule has 2 heterocycles. The van der Waals surface area contributed by atoms with Crippen LogP contribution < -0.4 is 4.72 Å². The van der Waals surface area contributed by atoms with E-state index < -0.39 is 11.0 Å². The molecular weight excluding hydrogens is 361 g/mol. The zero-order valence-electron chi connectivity index (χ0n) is 16.0. The number of benzene rings is 1. The SMILES string of the molecule is Cc1cc(F)cc2c(-c3ccccn3)c(CCNS(=O)C(C)(C)C)cnc12. The summed E-state index contributed by atoms with van der Waals surface area (Å²) >= 11 is 0. The van der Waals surface area contributed by atoms with Gasteiger partial charge in [0.1, 0.15) is 5.82 Å². The number of nitrogens with one attached hydrogen (secondary N) is 1. The molecule has 0 aliphatic heterocycles. The Morgan fingerprint density at radius 2 is 1.96 bits per heavy atom. The van der Waals surface area contributed by atoms with Gasteiger partial charge in [-0.15, -0.1) is 0 Å². The van der Waals surface area contributed by atoms with Crippen molar-refractivity contribution in [2.24, 2.45) is 0 Å². The highest BCUT2D eigenvalue weighted by molar-refractivity contribution is 7.84. The van der Waals surface area contributed by atoms with Gasteiger partial charge in [-0.2, -0.15) is 0 Å². The fourth-order valence-electron chi connectivity index (χ4n) is 2.98. The van der Waals surface area contributed by atoms with Gasteiger partial charge in [0.15, 0.2) is 0 Å². The molecule has 1 N–H and O–H groups in total. The number of aromatic nitrogens is 2. The van der Waals surface area contributed by atoms with E-state index in [1.165, 1.54) is 12.1 Å². The molecule has 0 bridgehead atoms. The van der Waals surface area contributed by atoms with Crippen LogP contribution in [0, 0.1) is 12.7 Å². The van der Waals surface area contributed by atoms with Gasteiger partial charge in [0.05, 0.1) is 26.9 Å². The summed E-state index contributed by atoms with van der Waals surface area (Å²) in [5.74, 6) is -0.289. The quantitative estimate of drug-likeness (QED) is 0.711. The van der Waals surface area contributed by atoms with Gasteiger partial charge in [-0.05, 0) is 69.5 Å². The lowest BCUT2D eigenvalue weighted by atomic mass is 9.96. The minimum absolute atomic E-state index is 0.289. The molecule has 2 aromatic heterocycles. The van der Waals surface area contributed by atoms with Crippen LogP contribution in [0.3, 0.4) is 0 Å². The third kappa shape index (κ3) is 4.39. The lowest BCUT2D eigenvalue weighted by Gasteiger charge is -2.19. The summed E-state index contributed by atoms with van der Waals surface area (Å²) in [6.07, 6.45) is 4.16. The van der Waals surface area contributed by atoms with Crippen molar-refractivity contribution in [3.63, 3.8) is 0 Å². The van der Waals surface area contributed by atoms with Gasteiger partial charge in [-0.1, -0.05) is 6.07 Å². The number of fused-ring (bicyclic) bond motifs is 1. The first-order valence-corrected chi connectivity index (χ1v) is 10.1. The number of nitrogens with zero attached hydrogens (tertiary/aromatic N) is 2. The molecule has 142 valence electrons. The molecule has 27 heavy (non-hydrogen) atoms.